The molecule has 0 aliphatic rings. The quantitative estimate of drug-likeness (QED) is 0.160. The van der Waals surface area contributed by atoms with Crippen LogP contribution in [-0.2, 0) is 0 Å². The van der Waals surface area contributed by atoms with Gasteiger partial charge in [-0.3, -0.25) is 4.57 Å². The van der Waals surface area contributed by atoms with Crippen molar-refractivity contribution < 1.29 is 0 Å². The summed E-state index contributed by atoms with van der Waals surface area (Å²) >= 11 is 0. The first-order chi connectivity index (χ1) is 34.3. The summed E-state index contributed by atoms with van der Waals surface area (Å²) in [4.78, 5) is 16.5. The molecule has 14 aromatic rings. The van der Waals surface area contributed by atoms with Crippen LogP contribution in [0.3, 0.4) is 0 Å². The summed E-state index contributed by atoms with van der Waals surface area (Å²) in [6, 6.07) is 86.3. The molecule has 0 unspecified atom stereocenters. The van der Waals surface area contributed by atoms with Crippen LogP contribution in [0.1, 0.15) is 0 Å². The zero-order valence-electron chi connectivity index (χ0n) is 37.3. The van der Waals surface area contributed by atoms with E-state index in [4.69, 9.17) is 15.0 Å². The van der Waals surface area contributed by atoms with Gasteiger partial charge in [-0.05, 0) is 65.2 Å². The smallest absolute Gasteiger partial charge is 0.238 e. The van der Waals surface area contributed by atoms with Crippen LogP contribution >= 0.6 is 0 Å². The molecule has 0 spiro atoms. The molecule has 10 aromatic carbocycles. The van der Waals surface area contributed by atoms with Crippen LogP contribution in [0.4, 0.5) is 0 Å². The fourth-order valence-corrected chi connectivity index (χ4v) is 10.7. The molecule has 69 heavy (non-hydrogen) atoms. The van der Waals surface area contributed by atoms with Crippen molar-refractivity contribution in [3.8, 4) is 62.4 Å². The summed E-state index contributed by atoms with van der Waals surface area (Å²) in [5.74, 6) is 1.72. The minimum absolute atomic E-state index is 0.538. The van der Waals surface area contributed by atoms with Crippen molar-refractivity contribution in [2.75, 3.05) is 0 Å². The highest BCUT2D eigenvalue weighted by atomic mass is 15.2. The summed E-state index contributed by atoms with van der Waals surface area (Å²) < 4.78 is 7.10. The monoisotopic (exact) mass is 880 g/mol. The minimum Gasteiger partial charge on any atom is -0.309 e. The van der Waals surface area contributed by atoms with Crippen LogP contribution in [0, 0.1) is 0 Å². The molecule has 0 saturated heterocycles. The van der Waals surface area contributed by atoms with E-state index in [9.17, 15) is 0 Å². The Labute approximate surface area is 397 Å². The van der Waals surface area contributed by atoms with E-state index < -0.39 is 0 Å². The van der Waals surface area contributed by atoms with Gasteiger partial charge < -0.3 is 9.13 Å². The van der Waals surface area contributed by atoms with Gasteiger partial charge in [0.25, 0.3) is 0 Å². The zero-order chi connectivity index (χ0) is 45.4. The summed E-state index contributed by atoms with van der Waals surface area (Å²) in [7, 11) is 0. The first-order valence-corrected chi connectivity index (χ1v) is 23.4. The molecule has 4 aromatic heterocycles. The number of rotatable bonds is 7. The van der Waals surface area contributed by atoms with Gasteiger partial charge in [-0.25, -0.2) is 4.98 Å². The van der Waals surface area contributed by atoms with Crippen molar-refractivity contribution in [2.45, 2.75) is 0 Å². The number of para-hydroxylation sites is 5. The SMILES string of the molecule is c1ccc(-c2ccc(-n3c4ccccc4c4ccc5c6ccccc6n(-c6nc(-c7ccccc7)nc(-c7cccc8c9ccccc9n(-c9ccccc9)c78)n6)c5c43)c(-c3ccccc3)c2)cc1. The molecule has 14 rings (SSSR count). The van der Waals surface area contributed by atoms with Gasteiger partial charge in [0.2, 0.25) is 5.95 Å². The lowest BCUT2D eigenvalue weighted by Gasteiger charge is -2.17. The summed E-state index contributed by atoms with van der Waals surface area (Å²) in [5, 5.41) is 6.83. The number of benzene rings is 10. The average molecular weight is 881 g/mol. The molecule has 322 valence electrons. The third kappa shape index (κ3) is 6.09. The highest BCUT2D eigenvalue weighted by Crippen LogP contribution is 2.44. The van der Waals surface area contributed by atoms with Gasteiger partial charge in [-0.2, -0.15) is 9.97 Å². The lowest BCUT2D eigenvalue weighted by Crippen LogP contribution is -2.08. The molecule has 0 bridgehead atoms. The van der Waals surface area contributed by atoms with E-state index in [1.807, 2.05) is 18.2 Å². The number of hydrogen-bond donors (Lipinski definition) is 0. The van der Waals surface area contributed by atoms with Gasteiger partial charge in [0.15, 0.2) is 11.6 Å². The molecule has 6 nitrogen and oxygen atoms in total. The fraction of sp³-hybridized carbons (Fsp3) is 0. The van der Waals surface area contributed by atoms with Gasteiger partial charge in [-0.1, -0.05) is 194 Å². The Balaban J connectivity index is 1.12. The second-order valence-electron chi connectivity index (χ2n) is 17.6. The highest BCUT2D eigenvalue weighted by Gasteiger charge is 2.26. The molecular formula is C63H40N6. The Morgan fingerprint density at radius 2 is 0.739 bits per heavy atom. The van der Waals surface area contributed by atoms with Gasteiger partial charge >= 0.3 is 0 Å². The van der Waals surface area contributed by atoms with Crippen LogP contribution in [0.25, 0.3) is 128 Å². The van der Waals surface area contributed by atoms with E-state index in [1.54, 1.807) is 0 Å². The molecule has 4 heterocycles. The van der Waals surface area contributed by atoms with Crippen molar-refractivity contribution >= 4 is 65.4 Å². The Morgan fingerprint density at radius 3 is 1.38 bits per heavy atom. The second-order valence-corrected chi connectivity index (χ2v) is 17.6. The van der Waals surface area contributed by atoms with Crippen molar-refractivity contribution in [3.05, 3.63) is 243 Å². The van der Waals surface area contributed by atoms with Crippen molar-refractivity contribution in [2.24, 2.45) is 0 Å². The minimum atomic E-state index is 0.538. The Hall–Kier alpha value is -9.39. The number of nitrogens with zero attached hydrogens (tertiary/aromatic N) is 6. The van der Waals surface area contributed by atoms with Crippen LogP contribution in [0.2, 0.25) is 0 Å². The topological polar surface area (TPSA) is 53.5 Å². The predicted molar refractivity (Wildman–Crippen MR) is 285 cm³/mol. The maximum absolute atomic E-state index is 5.62. The zero-order valence-corrected chi connectivity index (χ0v) is 37.3. The first kappa shape index (κ1) is 38.8. The van der Waals surface area contributed by atoms with Crippen molar-refractivity contribution in [1.29, 1.82) is 0 Å². The average Bonchev–Trinajstić information content (AvgIpc) is 4.08. The van der Waals surface area contributed by atoms with Crippen molar-refractivity contribution in [1.82, 2.24) is 28.7 Å². The third-order valence-corrected chi connectivity index (χ3v) is 13.7. The van der Waals surface area contributed by atoms with Crippen LogP contribution in [-0.4, -0.2) is 28.7 Å². The molecule has 0 radical (unpaired) electrons. The standard InChI is InChI=1S/C63H40N6/c1-5-20-41(21-6-1)44-36-39-57(53(40-44)42-22-7-2-8-23-42)68-55-34-17-14-29-47(55)50-37-38-51-48-30-15-18-35-56(48)69(60(51)59(50)68)63-65-61(43-24-9-3-10-25-43)64-62(66-63)52-32-19-31-49-46-28-13-16-33-54(46)67(58(49)52)45-26-11-4-12-27-45/h1-40H. The molecule has 0 saturated carbocycles. The lowest BCUT2D eigenvalue weighted by atomic mass is 9.97. The maximum atomic E-state index is 5.62. The molecule has 0 aliphatic carbocycles. The summed E-state index contributed by atoms with van der Waals surface area (Å²) in [6.07, 6.45) is 0. The second kappa shape index (κ2) is 15.6. The molecule has 0 atom stereocenters. The molecule has 0 aliphatic heterocycles. The largest absolute Gasteiger partial charge is 0.309 e. The lowest BCUT2D eigenvalue weighted by molar-refractivity contribution is 0.953. The van der Waals surface area contributed by atoms with E-state index in [-0.39, 0.29) is 0 Å². The number of fused-ring (bicyclic) bond motifs is 10. The highest BCUT2D eigenvalue weighted by molar-refractivity contribution is 6.24. The molecular weight excluding hydrogens is 841 g/mol. The van der Waals surface area contributed by atoms with Crippen molar-refractivity contribution in [3.63, 3.8) is 0 Å². The van der Waals surface area contributed by atoms with Gasteiger partial charge in [0.1, 0.15) is 0 Å². The molecule has 0 N–H and O–H groups in total. The molecule has 0 amide bonds. The molecule has 0 fully saturated rings. The van der Waals surface area contributed by atoms with E-state index in [0.717, 1.165) is 93.8 Å². The van der Waals surface area contributed by atoms with E-state index in [2.05, 4.69) is 238 Å². The van der Waals surface area contributed by atoms with Crippen LogP contribution in [0.15, 0.2) is 243 Å². The van der Waals surface area contributed by atoms with Crippen LogP contribution < -0.4 is 0 Å². The first-order valence-electron chi connectivity index (χ1n) is 23.4. The van der Waals surface area contributed by atoms with Crippen LogP contribution in [0.5, 0.6) is 0 Å². The fourth-order valence-electron chi connectivity index (χ4n) is 10.7. The predicted octanol–water partition coefficient (Wildman–Crippen LogP) is 15.8. The van der Waals surface area contributed by atoms with E-state index in [0.29, 0.717) is 17.6 Å². The Morgan fingerprint density at radius 1 is 0.261 bits per heavy atom. The Kier molecular flexibility index (Phi) is 8.79. The Bertz CT molecular complexity index is 4280. The normalized spacial score (nSPS) is 11.8. The third-order valence-electron chi connectivity index (χ3n) is 13.7. The molecule has 6 heteroatoms. The maximum Gasteiger partial charge on any atom is 0.238 e. The summed E-state index contributed by atoms with van der Waals surface area (Å²) in [6.45, 7) is 0. The summed E-state index contributed by atoms with van der Waals surface area (Å²) in [5.41, 5.74) is 14.9. The van der Waals surface area contributed by atoms with Gasteiger partial charge in [0.05, 0.1) is 38.8 Å². The number of hydrogen-bond acceptors (Lipinski definition) is 3. The number of aromatic nitrogens is 6. The van der Waals surface area contributed by atoms with E-state index in [1.165, 1.54) is 16.3 Å². The van der Waals surface area contributed by atoms with Gasteiger partial charge in [0, 0.05) is 54.7 Å². The van der Waals surface area contributed by atoms with Gasteiger partial charge in [-0.15, -0.1) is 0 Å². The van der Waals surface area contributed by atoms with E-state index >= 15 is 0 Å².